The van der Waals surface area contributed by atoms with Gasteiger partial charge < -0.3 is 10.1 Å². The summed E-state index contributed by atoms with van der Waals surface area (Å²) in [5.41, 5.74) is 0. The van der Waals surface area contributed by atoms with E-state index in [0.29, 0.717) is 12.5 Å². The van der Waals surface area contributed by atoms with Gasteiger partial charge in [-0.25, -0.2) is 4.79 Å². The molecule has 0 saturated carbocycles. The summed E-state index contributed by atoms with van der Waals surface area (Å²) in [7, 11) is 0. The monoisotopic (exact) mass is 247 g/mol. The molecule has 1 amide bonds. The Bertz CT molecular complexity index is 231. The first-order chi connectivity index (χ1) is 7.47. The van der Waals surface area contributed by atoms with Crippen LogP contribution in [0.1, 0.15) is 34.1 Å². The molecule has 0 aromatic rings. The summed E-state index contributed by atoms with van der Waals surface area (Å²) in [4.78, 5) is 22.4. The van der Waals surface area contributed by atoms with Gasteiger partial charge in [-0.2, -0.15) is 0 Å². The molecule has 1 N–H and O–H groups in total. The van der Waals surface area contributed by atoms with Crippen molar-refractivity contribution in [2.45, 2.75) is 39.5 Å². The summed E-state index contributed by atoms with van der Waals surface area (Å²) < 4.78 is 4.89. The summed E-state index contributed by atoms with van der Waals surface area (Å²) in [5.74, 6) is 0.843. The minimum Gasteiger partial charge on any atom is -0.464 e. The van der Waals surface area contributed by atoms with E-state index in [1.54, 1.807) is 6.92 Å². The minimum atomic E-state index is -0.573. The van der Waals surface area contributed by atoms with Crippen molar-refractivity contribution < 1.29 is 14.3 Å². The molecule has 0 heterocycles. The third kappa shape index (κ3) is 7.56. The van der Waals surface area contributed by atoms with Crippen LogP contribution >= 0.6 is 11.8 Å². The first kappa shape index (κ1) is 15.3. The van der Waals surface area contributed by atoms with Gasteiger partial charge in [-0.15, -0.1) is 11.8 Å². The van der Waals surface area contributed by atoms with Crippen LogP contribution in [0.5, 0.6) is 0 Å². The fraction of sp³-hybridized carbons (Fsp3) is 0.818. The standard InChI is InChI=1S/C11H21NO3S/c1-5-15-11(14)10(12-9(4)13)16-7-6-8(2)3/h8,10H,5-7H2,1-4H3,(H,12,13). The number of carbonyl (C=O) groups is 2. The van der Waals surface area contributed by atoms with Crippen LogP contribution in [0.3, 0.4) is 0 Å². The first-order valence-electron chi connectivity index (χ1n) is 5.52. The van der Waals surface area contributed by atoms with Gasteiger partial charge in [-0.05, 0) is 25.0 Å². The molecule has 16 heavy (non-hydrogen) atoms. The Morgan fingerprint density at radius 1 is 1.38 bits per heavy atom. The number of nitrogens with one attached hydrogen (secondary N) is 1. The molecule has 0 spiro atoms. The van der Waals surface area contributed by atoms with Crippen LogP contribution in [-0.2, 0) is 14.3 Å². The molecule has 1 unspecified atom stereocenters. The topological polar surface area (TPSA) is 55.4 Å². The van der Waals surface area contributed by atoms with Crippen molar-refractivity contribution in [3.63, 3.8) is 0 Å². The summed E-state index contributed by atoms with van der Waals surface area (Å²) in [5, 5.41) is 2.01. The van der Waals surface area contributed by atoms with Crippen LogP contribution in [-0.4, -0.2) is 29.6 Å². The molecular weight excluding hydrogens is 226 g/mol. The van der Waals surface area contributed by atoms with Crippen LogP contribution in [0, 0.1) is 5.92 Å². The lowest BCUT2D eigenvalue weighted by Gasteiger charge is -2.16. The largest absolute Gasteiger partial charge is 0.464 e. The van der Waals surface area contributed by atoms with E-state index in [4.69, 9.17) is 4.74 Å². The van der Waals surface area contributed by atoms with Crippen molar-refractivity contribution >= 4 is 23.6 Å². The third-order valence-corrected chi connectivity index (χ3v) is 2.93. The minimum absolute atomic E-state index is 0.213. The van der Waals surface area contributed by atoms with Gasteiger partial charge in [0.25, 0.3) is 0 Å². The molecule has 0 saturated heterocycles. The van der Waals surface area contributed by atoms with E-state index >= 15 is 0 Å². The highest BCUT2D eigenvalue weighted by Gasteiger charge is 2.20. The molecule has 0 rings (SSSR count). The fourth-order valence-corrected chi connectivity index (χ4v) is 2.29. The van der Waals surface area contributed by atoms with Gasteiger partial charge in [0.05, 0.1) is 6.61 Å². The van der Waals surface area contributed by atoms with E-state index < -0.39 is 5.37 Å². The lowest BCUT2D eigenvalue weighted by Crippen LogP contribution is -2.38. The second-order valence-corrected chi connectivity index (χ2v) is 5.10. The number of amides is 1. The van der Waals surface area contributed by atoms with Crippen molar-refractivity contribution in [1.29, 1.82) is 0 Å². The maximum absolute atomic E-state index is 11.5. The normalized spacial score (nSPS) is 12.3. The van der Waals surface area contributed by atoms with Crippen LogP contribution in [0.25, 0.3) is 0 Å². The van der Waals surface area contributed by atoms with E-state index in [-0.39, 0.29) is 11.9 Å². The Morgan fingerprint density at radius 2 is 2.00 bits per heavy atom. The first-order valence-corrected chi connectivity index (χ1v) is 6.57. The molecule has 0 radical (unpaired) electrons. The summed E-state index contributed by atoms with van der Waals surface area (Å²) in [6, 6.07) is 0. The van der Waals surface area contributed by atoms with E-state index in [1.807, 2.05) is 0 Å². The van der Waals surface area contributed by atoms with Gasteiger partial charge in [0.2, 0.25) is 5.91 Å². The fourth-order valence-electron chi connectivity index (χ4n) is 0.993. The van der Waals surface area contributed by atoms with Gasteiger partial charge in [0.1, 0.15) is 0 Å². The van der Waals surface area contributed by atoms with Crippen LogP contribution in [0.15, 0.2) is 0 Å². The molecule has 0 aliphatic heterocycles. The number of ether oxygens (including phenoxy) is 1. The Hall–Kier alpha value is -0.710. The zero-order valence-corrected chi connectivity index (χ0v) is 11.2. The zero-order chi connectivity index (χ0) is 12.6. The van der Waals surface area contributed by atoms with Crippen molar-refractivity contribution in [2.24, 2.45) is 5.92 Å². The predicted molar refractivity (Wildman–Crippen MR) is 66.2 cm³/mol. The van der Waals surface area contributed by atoms with Gasteiger partial charge in [0.15, 0.2) is 5.37 Å². The molecule has 0 aliphatic carbocycles. The molecule has 4 nitrogen and oxygen atoms in total. The lowest BCUT2D eigenvalue weighted by atomic mass is 10.2. The van der Waals surface area contributed by atoms with E-state index in [0.717, 1.165) is 12.2 Å². The average molecular weight is 247 g/mol. The van der Waals surface area contributed by atoms with E-state index in [9.17, 15) is 9.59 Å². The Kier molecular flexibility index (Phi) is 8.07. The predicted octanol–water partition coefficient (Wildman–Crippen LogP) is 1.79. The summed E-state index contributed by atoms with van der Waals surface area (Å²) >= 11 is 1.42. The van der Waals surface area contributed by atoms with Crippen molar-refractivity contribution in [2.75, 3.05) is 12.4 Å². The van der Waals surface area contributed by atoms with E-state index in [1.165, 1.54) is 18.7 Å². The number of hydrogen-bond acceptors (Lipinski definition) is 4. The third-order valence-electron chi connectivity index (χ3n) is 1.81. The molecule has 0 fully saturated rings. The summed E-state index contributed by atoms with van der Waals surface area (Å²) in [6.45, 7) is 7.73. The van der Waals surface area contributed by atoms with Crippen molar-refractivity contribution in [3.8, 4) is 0 Å². The quantitative estimate of drug-likeness (QED) is 0.550. The smallest absolute Gasteiger partial charge is 0.339 e. The van der Waals surface area contributed by atoms with Gasteiger partial charge in [-0.1, -0.05) is 13.8 Å². The molecule has 0 aromatic heterocycles. The maximum Gasteiger partial charge on any atom is 0.339 e. The highest BCUT2D eigenvalue weighted by atomic mass is 32.2. The van der Waals surface area contributed by atoms with Crippen molar-refractivity contribution in [3.05, 3.63) is 0 Å². The van der Waals surface area contributed by atoms with Crippen LogP contribution in [0.4, 0.5) is 0 Å². The zero-order valence-electron chi connectivity index (χ0n) is 10.4. The highest BCUT2D eigenvalue weighted by molar-refractivity contribution is 8.00. The van der Waals surface area contributed by atoms with Gasteiger partial charge in [0, 0.05) is 6.92 Å². The second kappa shape index (κ2) is 8.44. The number of rotatable bonds is 7. The second-order valence-electron chi connectivity index (χ2n) is 3.89. The molecule has 0 bridgehead atoms. The lowest BCUT2D eigenvalue weighted by molar-refractivity contribution is -0.144. The molecule has 0 aliphatic rings. The summed E-state index contributed by atoms with van der Waals surface area (Å²) in [6.07, 6.45) is 1.01. The van der Waals surface area contributed by atoms with Crippen LogP contribution < -0.4 is 5.32 Å². The Morgan fingerprint density at radius 3 is 2.44 bits per heavy atom. The Labute approximate surface area is 101 Å². The Balaban J connectivity index is 4.09. The number of hydrogen-bond donors (Lipinski definition) is 1. The molecule has 0 aromatic carbocycles. The molecule has 5 heteroatoms. The maximum atomic E-state index is 11.5. The molecule has 94 valence electrons. The molecule has 1 atom stereocenters. The molecular formula is C11H21NO3S. The number of carbonyl (C=O) groups excluding carboxylic acids is 2. The number of esters is 1. The van der Waals surface area contributed by atoms with E-state index in [2.05, 4.69) is 19.2 Å². The SMILES string of the molecule is CCOC(=O)C(NC(C)=O)SCCC(C)C. The number of thioether (sulfide) groups is 1. The van der Waals surface area contributed by atoms with Crippen molar-refractivity contribution in [1.82, 2.24) is 5.32 Å². The average Bonchev–Trinajstić information content (AvgIpc) is 2.15. The van der Waals surface area contributed by atoms with Gasteiger partial charge >= 0.3 is 5.97 Å². The highest BCUT2D eigenvalue weighted by Crippen LogP contribution is 2.14. The van der Waals surface area contributed by atoms with Crippen LogP contribution in [0.2, 0.25) is 0 Å². The van der Waals surface area contributed by atoms with Gasteiger partial charge in [-0.3, -0.25) is 4.79 Å².